The molecule has 17 heavy (non-hydrogen) atoms. The van der Waals surface area contributed by atoms with E-state index < -0.39 is 0 Å². The second-order valence-corrected chi connectivity index (χ2v) is 4.90. The summed E-state index contributed by atoms with van der Waals surface area (Å²) in [6.45, 7) is 0.562. The van der Waals surface area contributed by atoms with Crippen LogP contribution in [0.15, 0.2) is 46.9 Å². The first-order chi connectivity index (χ1) is 8.16. The standard InChI is InChI=1S/C13H11BrClNO/c14-12-3-1-2-9(13(12)17)8-16-11-6-4-10(15)5-7-11/h1-7,16-17H,8H2. The zero-order valence-electron chi connectivity index (χ0n) is 8.95. The number of aromatic hydroxyl groups is 1. The fourth-order valence-electron chi connectivity index (χ4n) is 1.47. The molecule has 4 heteroatoms. The van der Waals surface area contributed by atoms with Gasteiger partial charge in [0.1, 0.15) is 5.75 Å². The van der Waals surface area contributed by atoms with E-state index in [0.29, 0.717) is 16.0 Å². The quantitative estimate of drug-likeness (QED) is 0.879. The van der Waals surface area contributed by atoms with Crippen LogP contribution in [0.2, 0.25) is 5.02 Å². The Morgan fingerprint density at radius 1 is 1.12 bits per heavy atom. The van der Waals surface area contributed by atoms with E-state index in [4.69, 9.17) is 11.6 Å². The Labute approximate surface area is 113 Å². The fraction of sp³-hybridized carbons (Fsp3) is 0.0769. The van der Waals surface area contributed by atoms with E-state index in [2.05, 4.69) is 21.2 Å². The lowest BCUT2D eigenvalue weighted by atomic mass is 10.2. The molecule has 2 N–H and O–H groups in total. The predicted molar refractivity (Wildman–Crippen MR) is 74.6 cm³/mol. The lowest BCUT2D eigenvalue weighted by molar-refractivity contribution is 0.465. The van der Waals surface area contributed by atoms with Crippen molar-refractivity contribution in [2.75, 3.05) is 5.32 Å². The fourth-order valence-corrected chi connectivity index (χ4v) is 2.00. The van der Waals surface area contributed by atoms with Gasteiger partial charge in [0.2, 0.25) is 0 Å². The Bertz CT molecular complexity index is 513. The molecule has 2 nitrogen and oxygen atoms in total. The molecule has 0 aromatic heterocycles. The largest absolute Gasteiger partial charge is 0.506 e. The number of hydrogen-bond donors (Lipinski definition) is 2. The third-order valence-electron chi connectivity index (χ3n) is 2.40. The Kier molecular flexibility index (Phi) is 3.92. The van der Waals surface area contributed by atoms with Gasteiger partial charge in [-0.3, -0.25) is 0 Å². The van der Waals surface area contributed by atoms with Crippen molar-refractivity contribution in [1.29, 1.82) is 0 Å². The molecule has 2 aromatic rings. The first kappa shape index (κ1) is 12.3. The van der Waals surface area contributed by atoms with Crippen molar-refractivity contribution in [2.24, 2.45) is 0 Å². The van der Waals surface area contributed by atoms with Crippen molar-refractivity contribution in [2.45, 2.75) is 6.54 Å². The molecule has 0 atom stereocenters. The minimum atomic E-state index is 0.272. The van der Waals surface area contributed by atoms with Crippen LogP contribution in [0.5, 0.6) is 5.75 Å². The lowest BCUT2D eigenvalue weighted by Crippen LogP contribution is -1.99. The number of hydrogen-bond acceptors (Lipinski definition) is 2. The summed E-state index contributed by atoms with van der Waals surface area (Å²) in [5.74, 6) is 0.272. The van der Waals surface area contributed by atoms with Crippen LogP contribution in [0.3, 0.4) is 0 Å². The summed E-state index contributed by atoms with van der Waals surface area (Å²) >= 11 is 9.09. The second kappa shape index (κ2) is 5.43. The molecule has 0 bridgehead atoms. The summed E-state index contributed by atoms with van der Waals surface area (Å²) in [4.78, 5) is 0. The highest BCUT2D eigenvalue weighted by Gasteiger charge is 2.04. The van der Waals surface area contributed by atoms with Crippen LogP contribution in [-0.2, 0) is 6.54 Å². The van der Waals surface area contributed by atoms with E-state index in [9.17, 15) is 5.11 Å². The molecule has 0 aliphatic heterocycles. The SMILES string of the molecule is Oc1c(Br)cccc1CNc1ccc(Cl)cc1. The molecule has 2 rings (SSSR count). The minimum absolute atomic E-state index is 0.272. The number of nitrogens with one attached hydrogen (secondary N) is 1. The third kappa shape index (κ3) is 3.14. The van der Waals surface area contributed by atoms with Crippen molar-refractivity contribution in [3.05, 3.63) is 57.5 Å². The van der Waals surface area contributed by atoms with Gasteiger partial charge in [-0.25, -0.2) is 0 Å². The number of phenolic OH excluding ortho intramolecular Hbond substituents is 1. The summed E-state index contributed by atoms with van der Waals surface area (Å²) in [5, 5.41) is 13.7. The summed E-state index contributed by atoms with van der Waals surface area (Å²) in [6.07, 6.45) is 0. The van der Waals surface area contributed by atoms with Crippen LogP contribution in [0.25, 0.3) is 0 Å². The molecule has 88 valence electrons. The monoisotopic (exact) mass is 311 g/mol. The minimum Gasteiger partial charge on any atom is -0.506 e. The first-order valence-corrected chi connectivity index (χ1v) is 6.30. The molecule has 2 aromatic carbocycles. The normalized spacial score (nSPS) is 10.2. The molecule has 0 radical (unpaired) electrons. The molecule has 0 spiro atoms. The van der Waals surface area contributed by atoms with Crippen molar-refractivity contribution >= 4 is 33.2 Å². The van der Waals surface area contributed by atoms with Gasteiger partial charge >= 0.3 is 0 Å². The van der Waals surface area contributed by atoms with Crippen LogP contribution in [0, 0.1) is 0 Å². The van der Waals surface area contributed by atoms with Crippen LogP contribution in [0.1, 0.15) is 5.56 Å². The Morgan fingerprint density at radius 2 is 1.82 bits per heavy atom. The van der Waals surface area contributed by atoms with E-state index >= 15 is 0 Å². The van der Waals surface area contributed by atoms with Gasteiger partial charge in [-0.15, -0.1) is 0 Å². The smallest absolute Gasteiger partial charge is 0.134 e. The van der Waals surface area contributed by atoms with Gasteiger partial charge < -0.3 is 10.4 Å². The first-order valence-electron chi connectivity index (χ1n) is 5.12. The number of anilines is 1. The Hall–Kier alpha value is -1.19. The van der Waals surface area contributed by atoms with E-state index in [-0.39, 0.29) is 5.75 Å². The molecule has 0 fully saturated rings. The second-order valence-electron chi connectivity index (χ2n) is 3.61. The highest BCUT2D eigenvalue weighted by Crippen LogP contribution is 2.28. The van der Waals surface area contributed by atoms with Gasteiger partial charge in [0.05, 0.1) is 4.47 Å². The molecular formula is C13H11BrClNO. The summed E-state index contributed by atoms with van der Waals surface area (Å²) in [5.41, 5.74) is 1.81. The molecule has 0 aliphatic carbocycles. The van der Waals surface area contributed by atoms with Gasteiger partial charge in [0.15, 0.2) is 0 Å². The maximum absolute atomic E-state index is 9.81. The van der Waals surface area contributed by atoms with Gasteiger partial charge in [0, 0.05) is 22.8 Å². The lowest BCUT2D eigenvalue weighted by Gasteiger charge is -2.09. The summed E-state index contributed by atoms with van der Waals surface area (Å²) in [6, 6.07) is 13.0. The number of rotatable bonds is 3. The van der Waals surface area contributed by atoms with Crippen molar-refractivity contribution in [1.82, 2.24) is 0 Å². The molecule has 0 saturated heterocycles. The topological polar surface area (TPSA) is 32.3 Å². The maximum atomic E-state index is 9.81. The van der Waals surface area contributed by atoms with E-state index in [1.807, 2.05) is 36.4 Å². The summed E-state index contributed by atoms with van der Waals surface area (Å²) < 4.78 is 0.702. The van der Waals surface area contributed by atoms with Crippen molar-refractivity contribution < 1.29 is 5.11 Å². The van der Waals surface area contributed by atoms with Crippen LogP contribution >= 0.6 is 27.5 Å². The average Bonchev–Trinajstić information content (AvgIpc) is 2.33. The molecule has 0 aliphatic rings. The predicted octanol–water partition coefficient (Wildman–Crippen LogP) is 4.42. The zero-order valence-corrected chi connectivity index (χ0v) is 11.3. The van der Waals surface area contributed by atoms with Crippen LogP contribution in [-0.4, -0.2) is 5.11 Å². The average molecular weight is 313 g/mol. The zero-order chi connectivity index (χ0) is 12.3. The van der Waals surface area contributed by atoms with Gasteiger partial charge in [-0.1, -0.05) is 23.7 Å². The number of phenols is 1. The van der Waals surface area contributed by atoms with Crippen LogP contribution < -0.4 is 5.32 Å². The van der Waals surface area contributed by atoms with Crippen LogP contribution in [0.4, 0.5) is 5.69 Å². The van der Waals surface area contributed by atoms with Gasteiger partial charge in [0.25, 0.3) is 0 Å². The number of halogens is 2. The highest BCUT2D eigenvalue weighted by molar-refractivity contribution is 9.10. The van der Waals surface area contributed by atoms with Gasteiger partial charge in [-0.05, 0) is 46.3 Å². The molecular weight excluding hydrogens is 302 g/mol. The van der Waals surface area contributed by atoms with Crippen molar-refractivity contribution in [3.8, 4) is 5.75 Å². The summed E-state index contributed by atoms with van der Waals surface area (Å²) in [7, 11) is 0. The third-order valence-corrected chi connectivity index (χ3v) is 3.29. The van der Waals surface area contributed by atoms with E-state index in [0.717, 1.165) is 11.3 Å². The molecule has 0 heterocycles. The van der Waals surface area contributed by atoms with E-state index in [1.54, 1.807) is 6.07 Å². The van der Waals surface area contributed by atoms with Gasteiger partial charge in [-0.2, -0.15) is 0 Å². The maximum Gasteiger partial charge on any atom is 0.134 e. The number of para-hydroxylation sites is 1. The Balaban J connectivity index is 2.07. The molecule has 0 saturated carbocycles. The highest BCUT2D eigenvalue weighted by atomic mass is 79.9. The van der Waals surface area contributed by atoms with Crippen molar-refractivity contribution in [3.63, 3.8) is 0 Å². The molecule has 0 amide bonds. The Morgan fingerprint density at radius 3 is 2.53 bits per heavy atom. The number of benzene rings is 2. The van der Waals surface area contributed by atoms with E-state index in [1.165, 1.54) is 0 Å². The molecule has 0 unspecified atom stereocenters.